The quantitative estimate of drug-likeness (QED) is 0.658. The molecule has 1 unspecified atom stereocenters. The summed E-state index contributed by atoms with van der Waals surface area (Å²) in [6, 6.07) is 3.16. The molecule has 0 aliphatic carbocycles. The number of nitrogens with zero attached hydrogens (tertiary/aromatic N) is 1. The van der Waals surface area contributed by atoms with Crippen molar-refractivity contribution < 1.29 is 4.92 Å². The number of benzene rings is 1. The molecular weight excluding hydrogens is 266 g/mol. The van der Waals surface area contributed by atoms with Crippen LogP contribution in [-0.4, -0.2) is 24.6 Å². The maximum Gasteiger partial charge on any atom is 0.288 e. The van der Waals surface area contributed by atoms with Gasteiger partial charge in [0.15, 0.2) is 0 Å². The van der Waals surface area contributed by atoms with Crippen LogP contribution < -0.4 is 10.6 Å². The van der Waals surface area contributed by atoms with Crippen molar-refractivity contribution in [2.24, 2.45) is 5.92 Å². The van der Waals surface area contributed by atoms with Crippen LogP contribution >= 0.6 is 11.6 Å². The lowest BCUT2D eigenvalue weighted by atomic mass is 9.99. The van der Waals surface area contributed by atoms with Gasteiger partial charge in [0, 0.05) is 18.3 Å². The Balaban J connectivity index is 2.04. The zero-order valence-corrected chi connectivity index (χ0v) is 11.7. The molecule has 2 N–H and O–H groups in total. The fourth-order valence-corrected chi connectivity index (χ4v) is 2.58. The molecular formula is C13H18ClN3O2. The molecule has 1 aromatic carbocycles. The molecule has 1 aromatic rings. The second-order valence-electron chi connectivity index (χ2n) is 4.97. The van der Waals surface area contributed by atoms with Gasteiger partial charge in [-0.05, 0) is 50.4 Å². The lowest BCUT2D eigenvalue weighted by Crippen LogP contribution is -2.33. The van der Waals surface area contributed by atoms with Gasteiger partial charge in [-0.2, -0.15) is 0 Å². The summed E-state index contributed by atoms with van der Waals surface area (Å²) in [6.07, 6.45) is 2.41. The summed E-state index contributed by atoms with van der Waals surface area (Å²) >= 11 is 5.92. The second-order valence-corrected chi connectivity index (χ2v) is 5.38. The highest BCUT2D eigenvalue weighted by molar-refractivity contribution is 6.33. The number of piperidine rings is 1. The first-order valence-electron chi connectivity index (χ1n) is 6.47. The minimum absolute atomic E-state index is 0.0379. The van der Waals surface area contributed by atoms with Gasteiger partial charge < -0.3 is 10.6 Å². The van der Waals surface area contributed by atoms with Crippen molar-refractivity contribution in [2.45, 2.75) is 19.8 Å². The minimum atomic E-state index is -0.454. The van der Waals surface area contributed by atoms with Gasteiger partial charge in [-0.1, -0.05) is 11.6 Å². The fraction of sp³-hybridized carbons (Fsp3) is 0.538. The average molecular weight is 284 g/mol. The van der Waals surface area contributed by atoms with E-state index in [9.17, 15) is 10.1 Å². The summed E-state index contributed by atoms with van der Waals surface area (Å²) in [5, 5.41) is 17.7. The molecule has 1 aliphatic rings. The highest BCUT2D eigenvalue weighted by atomic mass is 35.5. The summed E-state index contributed by atoms with van der Waals surface area (Å²) in [5.41, 5.74) is 1.69. The van der Waals surface area contributed by atoms with Crippen molar-refractivity contribution in [1.29, 1.82) is 0 Å². The number of nitrogens with one attached hydrogen (secondary N) is 2. The smallest absolute Gasteiger partial charge is 0.288 e. The van der Waals surface area contributed by atoms with Crippen molar-refractivity contribution in [3.8, 4) is 0 Å². The number of aryl methyl sites for hydroxylation is 1. The fourth-order valence-electron chi connectivity index (χ4n) is 2.35. The predicted octanol–water partition coefficient (Wildman–Crippen LogP) is 2.97. The number of hydrogen-bond acceptors (Lipinski definition) is 4. The number of halogens is 1. The van der Waals surface area contributed by atoms with Crippen LogP contribution in [0.2, 0.25) is 5.02 Å². The van der Waals surface area contributed by atoms with Crippen molar-refractivity contribution >= 4 is 23.0 Å². The highest BCUT2D eigenvalue weighted by Crippen LogP contribution is 2.30. The molecule has 1 heterocycles. The molecule has 6 heteroatoms. The van der Waals surface area contributed by atoms with Crippen LogP contribution in [0.5, 0.6) is 0 Å². The number of anilines is 1. The Labute approximate surface area is 117 Å². The standard InChI is InChI=1S/C13H18ClN3O2/c1-9-5-13(17(18)19)11(14)6-12(9)16-8-10-3-2-4-15-7-10/h5-6,10,15-16H,2-4,7-8H2,1H3. The number of rotatable bonds is 4. The van der Waals surface area contributed by atoms with E-state index >= 15 is 0 Å². The van der Waals surface area contributed by atoms with Crippen molar-refractivity contribution in [2.75, 3.05) is 25.0 Å². The van der Waals surface area contributed by atoms with E-state index in [1.165, 1.54) is 18.9 Å². The molecule has 0 bridgehead atoms. The van der Waals surface area contributed by atoms with Gasteiger partial charge >= 0.3 is 0 Å². The Morgan fingerprint density at radius 1 is 1.58 bits per heavy atom. The first kappa shape index (κ1) is 14.1. The lowest BCUT2D eigenvalue weighted by Gasteiger charge is -2.23. The van der Waals surface area contributed by atoms with E-state index in [1.54, 1.807) is 6.07 Å². The largest absolute Gasteiger partial charge is 0.384 e. The van der Waals surface area contributed by atoms with Crippen LogP contribution in [0.3, 0.4) is 0 Å². The lowest BCUT2D eigenvalue weighted by molar-refractivity contribution is -0.384. The molecule has 5 nitrogen and oxygen atoms in total. The topological polar surface area (TPSA) is 67.2 Å². The summed E-state index contributed by atoms with van der Waals surface area (Å²) in [4.78, 5) is 10.3. The molecule has 1 saturated heterocycles. The third-order valence-corrected chi connectivity index (χ3v) is 3.77. The summed E-state index contributed by atoms with van der Waals surface area (Å²) < 4.78 is 0. The van der Waals surface area contributed by atoms with E-state index in [0.29, 0.717) is 5.92 Å². The molecule has 0 amide bonds. The van der Waals surface area contributed by atoms with Crippen LogP contribution in [0.1, 0.15) is 18.4 Å². The third kappa shape index (κ3) is 3.58. The number of nitro groups is 1. The Hall–Kier alpha value is -1.33. The average Bonchev–Trinajstić information content (AvgIpc) is 2.40. The predicted molar refractivity (Wildman–Crippen MR) is 76.9 cm³/mol. The van der Waals surface area contributed by atoms with Gasteiger partial charge in [0.05, 0.1) is 4.92 Å². The van der Waals surface area contributed by atoms with Crippen LogP contribution in [0.15, 0.2) is 12.1 Å². The van der Waals surface area contributed by atoms with E-state index < -0.39 is 4.92 Å². The van der Waals surface area contributed by atoms with Crippen LogP contribution in [-0.2, 0) is 0 Å². The van der Waals surface area contributed by atoms with Gasteiger partial charge in [0.2, 0.25) is 0 Å². The maximum atomic E-state index is 10.8. The van der Waals surface area contributed by atoms with E-state index in [-0.39, 0.29) is 10.7 Å². The molecule has 1 aliphatic heterocycles. The molecule has 104 valence electrons. The SMILES string of the molecule is Cc1cc([N+](=O)[O-])c(Cl)cc1NCC1CCCNC1. The van der Waals surface area contributed by atoms with Crippen LogP contribution in [0.25, 0.3) is 0 Å². The Bertz CT molecular complexity index is 473. The molecule has 1 atom stereocenters. The highest BCUT2D eigenvalue weighted by Gasteiger charge is 2.16. The Morgan fingerprint density at radius 2 is 2.37 bits per heavy atom. The van der Waals surface area contributed by atoms with E-state index in [4.69, 9.17) is 11.6 Å². The Kier molecular flexibility index (Phi) is 4.61. The number of nitro benzene ring substituents is 1. The van der Waals surface area contributed by atoms with Gasteiger partial charge in [0.1, 0.15) is 5.02 Å². The first-order chi connectivity index (χ1) is 9.08. The Morgan fingerprint density at radius 3 is 3.00 bits per heavy atom. The van der Waals surface area contributed by atoms with E-state index in [2.05, 4.69) is 10.6 Å². The molecule has 19 heavy (non-hydrogen) atoms. The molecule has 0 aromatic heterocycles. The minimum Gasteiger partial charge on any atom is -0.384 e. The molecule has 0 spiro atoms. The zero-order valence-electron chi connectivity index (χ0n) is 10.9. The third-order valence-electron chi connectivity index (χ3n) is 3.47. The monoisotopic (exact) mass is 283 g/mol. The molecule has 0 radical (unpaired) electrons. The molecule has 2 rings (SSSR count). The summed E-state index contributed by atoms with van der Waals surface area (Å²) in [6.45, 7) is 4.83. The van der Waals surface area contributed by atoms with Crippen LogP contribution in [0.4, 0.5) is 11.4 Å². The molecule has 0 saturated carbocycles. The molecule has 1 fully saturated rings. The van der Waals surface area contributed by atoms with Gasteiger partial charge in [-0.15, -0.1) is 0 Å². The van der Waals surface area contributed by atoms with Gasteiger partial charge in [-0.3, -0.25) is 10.1 Å². The van der Waals surface area contributed by atoms with Gasteiger partial charge in [-0.25, -0.2) is 0 Å². The van der Waals surface area contributed by atoms with Crippen LogP contribution in [0, 0.1) is 23.0 Å². The van der Waals surface area contributed by atoms with E-state index in [1.807, 2.05) is 6.92 Å². The van der Waals surface area contributed by atoms with Crippen molar-refractivity contribution in [3.63, 3.8) is 0 Å². The van der Waals surface area contributed by atoms with Crippen molar-refractivity contribution in [1.82, 2.24) is 5.32 Å². The zero-order chi connectivity index (χ0) is 13.8. The normalized spacial score (nSPS) is 19.2. The maximum absolute atomic E-state index is 10.8. The second kappa shape index (κ2) is 6.21. The summed E-state index contributed by atoms with van der Waals surface area (Å²) in [5.74, 6) is 0.599. The summed E-state index contributed by atoms with van der Waals surface area (Å²) in [7, 11) is 0. The van der Waals surface area contributed by atoms with Gasteiger partial charge in [0.25, 0.3) is 5.69 Å². The van der Waals surface area contributed by atoms with Crippen molar-refractivity contribution in [3.05, 3.63) is 32.8 Å². The van der Waals surface area contributed by atoms with E-state index in [0.717, 1.165) is 30.9 Å². The number of hydrogen-bond donors (Lipinski definition) is 2. The first-order valence-corrected chi connectivity index (χ1v) is 6.85.